The second-order valence-electron chi connectivity index (χ2n) is 7.07. The van der Waals surface area contributed by atoms with E-state index < -0.39 is 45.8 Å². The van der Waals surface area contributed by atoms with Crippen molar-refractivity contribution in [2.75, 3.05) is 17.7 Å². The van der Waals surface area contributed by atoms with Gasteiger partial charge in [0, 0.05) is 22.3 Å². The number of hydrogen-bond donors (Lipinski definition) is 2. The third-order valence-corrected chi connectivity index (χ3v) is 6.68. The lowest BCUT2D eigenvalue weighted by Gasteiger charge is -2.14. The average Bonchev–Trinajstić information content (AvgIpc) is 2.77. The van der Waals surface area contributed by atoms with Crippen LogP contribution in [0.15, 0.2) is 77.7 Å². The molecule has 0 heterocycles. The van der Waals surface area contributed by atoms with Crippen molar-refractivity contribution >= 4 is 39.0 Å². The van der Waals surface area contributed by atoms with Gasteiger partial charge >= 0.3 is 5.97 Å². The summed E-state index contributed by atoms with van der Waals surface area (Å²) in [5.74, 6) is -4.31. The summed E-state index contributed by atoms with van der Waals surface area (Å²) in [7, 11) is -3.98. The number of sulfone groups is 1. The van der Waals surface area contributed by atoms with E-state index in [4.69, 9.17) is 16.3 Å². The van der Waals surface area contributed by atoms with Crippen LogP contribution in [0, 0.1) is 11.7 Å². The van der Waals surface area contributed by atoms with Crippen LogP contribution in [0.3, 0.4) is 0 Å². The van der Waals surface area contributed by atoms with Crippen LogP contribution >= 0.6 is 11.6 Å². The molecule has 0 bridgehead atoms. The van der Waals surface area contributed by atoms with Gasteiger partial charge in [0.2, 0.25) is 0 Å². The van der Waals surface area contributed by atoms with Crippen molar-refractivity contribution in [3.05, 3.63) is 89.2 Å². The molecule has 0 spiro atoms. The molecule has 33 heavy (non-hydrogen) atoms. The predicted molar refractivity (Wildman–Crippen MR) is 121 cm³/mol. The van der Waals surface area contributed by atoms with Crippen LogP contribution in [0.4, 0.5) is 10.1 Å². The number of hydrogen-bond acceptors (Lipinski definition) is 5. The van der Waals surface area contributed by atoms with Crippen LogP contribution in [0.2, 0.25) is 5.02 Å². The highest BCUT2D eigenvalue weighted by molar-refractivity contribution is 7.91. The van der Waals surface area contributed by atoms with Gasteiger partial charge in [0.1, 0.15) is 24.1 Å². The van der Waals surface area contributed by atoms with Crippen LogP contribution in [-0.4, -0.2) is 37.8 Å². The largest absolute Gasteiger partial charge is 0.493 e. The zero-order valence-corrected chi connectivity index (χ0v) is 18.6. The maximum atomic E-state index is 13.2. The first-order valence-corrected chi connectivity index (χ1v) is 11.7. The molecule has 1 atom stereocenters. The Hall–Kier alpha value is -3.43. The van der Waals surface area contributed by atoms with E-state index in [1.165, 1.54) is 42.5 Å². The molecule has 0 radical (unpaired) electrons. The molecule has 0 saturated heterocycles. The number of anilines is 1. The average molecular weight is 492 g/mol. The quantitative estimate of drug-likeness (QED) is 0.462. The molecule has 172 valence electrons. The summed E-state index contributed by atoms with van der Waals surface area (Å²) in [5, 5.41) is 12.5. The molecule has 0 saturated carbocycles. The summed E-state index contributed by atoms with van der Waals surface area (Å²) in [6, 6.07) is 16.7. The second kappa shape index (κ2) is 10.5. The van der Waals surface area contributed by atoms with E-state index in [0.717, 1.165) is 6.07 Å². The molecule has 0 aliphatic rings. The molecule has 1 unspecified atom stereocenters. The molecule has 10 heteroatoms. The normalized spacial score (nSPS) is 12.1. The molecule has 3 rings (SSSR count). The molecule has 1 amide bonds. The smallest absolute Gasteiger partial charge is 0.311 e. The molecule has 0 aliphatic carbocycles. The van der Waals surface area contributed by atoms with E-state index in [0.29, 0.717) is 16.3 Å². The highest BCUT2D eigenvalue weighted by atomic mass is 35.5. The van der Waals surface area contributed by atoms with Gasteiger partial charge in [0.05, 0.1) is 10.6 Å². The van der Waals surface area contributed by atoms with Crippen molar-refractivity contribution in [2.45, 2.75) is 4.90 Å². The number of halogens is 2. The summed E-state index contributed by atoms with van der Waals surface area (Å²) in [6.45, 7) is -0.451. The van der Waals surface area contributed by atoms with Gasteiger partial charge in [-0.3, -0.25) is 9.59 Å². The van der Waals surface area contributed by atoms with E-state index in [-0.39, 0.29) is 10.6 Å². The molecule has 3 aromatic rings. The second-order valence-corrected chi connectivity index (χ2v) is 9.54. The van der Waals surface area contributed by atoms with E-state index in [1.807, 2.05) is 0 Å². The van der Waals surface area contributed by atoms with Crippen LogP contribution in [0.5, 0.6) is 5.75 Å². The van der Waals surface area contributed by atoms with E-state index in [9.17, 15) is 27.5 Å². The highest BCUT2D eigenvalue weighted by Gasteiger charge is 2.27. The summed E-state index contributed by atoms with van der Waals surface area (Å²) >= 11 is 5.80. The lowest BCUT2D eigenvalue weighted by Crippen LogP contribution is -2.29. The predicted octanol–water partition coefficient (Wildman–Crippen LogP) is 4.28. The van der Waals surface area contributed by atoms with Crippen molar-refractivity contribution in [3.63, 3.8) is 0 Å². The summed E-state index contributed by atoms with van der Waals surface area (Å²) in [6.07, 6.45) is 0. The SMILES string of the molecule is O=C(Nc1ccc(S(=O)(=O)CC(COc2cccc(F)c2)C(=O)O)cc1)c1ccc(Cl)cc1. The summed E-state index contributed by atoms with van der Waals surface area (Å²) < 4.78 is 43.9. The number of amides is 1. The third-order valence-electron chi connectivity index (χ3n) is 4.59. The minimum Gasteiger partial charge on any atom is -0.493 e. The van der Waals surface area contributed by atoms with Crippen molar-refractivity contribution < 1.29 is 32.2 Å². The number of rotatable bonds is 9. The molecular formula is C23H19ClFNO6S. The molecule has 3 aromatic carbocycles. The maximum Gasteiger partial charge on any atom is 0.311 e. The number of carbonyl (C=O) groups is 2. The van der Waals surface area contributed by atoms with Crippen molar-refractivity contribution in [2.24, 2.45) is 5.92 Å². The third kappa shape index (κ3) is 6.77. The minimum atomic E-state index is -3.98. The lowest BCUT2D eigenvalue weighted by atomic mass is 10.2. The first-order valence-electron chi connectivity index (χ1n) is 9.65. The Balaban J connectivity index is 1.66. The first-order chi connectivity index (χ1) is 15.6. The van der Waals surface area contributed by atoms with Gasteiger partial charge in [-0.15, -0.1) is 0 Å². The Morgan fingerprint density at radius 3 is 2.30 bits per heavy atom. The number of carboxylic acid groups (broad SMARTS) is 1. The zero-order chi connectivity index (χ0) is 24.0. The Kier molecular flexibility index (Phi) is 7.67. The number of carbonyl (C=O) groups excluding carboxylic acids is 1. The molecule has 7 nitrogen and oxygen atoms in total. The molecular weight excluding hydrogens is 473 g/mol. The van der Waals surface area contributed by atoms with E-state index in [2.05, 4.69) is 5.32 Å². The first kappa shape index (κ1) is 24.2. The molecule has 2 N–H and O–H groups in total. The summed E-state index contributed by atoms with van der Waals surface area (Å²) in [4.78, 5) is 23.7. The van der Waals surface area contributed by atoms with Crippen LogP contribution in [-0.2, 0) is 14.6 Å². The Bertz CT molecular complexity index is 1250. The van der Waals surface area contributed by atoms with Gasteiger partial charge in [0.25, 0.3) is 5.91 Å². The number of nitrogens with one attached hydrogen (secondary N) is 1. The molecule has 0 aliphatic heterocycles. The Morgan fingerprint density at radius 1 is 1.03 bits per heavy atom. The topological polar surface area (TPSA) is 110 Å². The van der Waals surface area contributed by atoms with Crippen molar-refractivity contribution in [3.8, 4) is 5.75 Å². The number of aliphatic carboxylic acids is 1. The fourth-order valence-corrected chi connectivity index (χ4v) is 4.49. The van der Waals surface area contributed by atoms with Gasteiger partial charge in [-0.05, 0) is 60.7 Å². The van der Waals surface area contributed by atoms with E-state index in [1.54, 1.807) is 24.3 Å². The molecule has 0 fully saturated rings. The fourth-order valence-electron chi connectivity index (χ4n) is 2.86. The number of carboxylic acids is 1. The Labute approximate surface area is 194 Å². The fraction of sp³-hybridized carbons (Fsp3) is 0.130. The number of benzene rings is 3. The van der Waals surface area contributed by atoms with Gasteiger partial charge in [-0.25, -0.2) is 12.8 Å². The summed E-state index contributed by atoms with van der Waals surface area (Å²) in [5.41, 5.74) is 0.733. The van der Waals surface area contributed by atoms with Gasteiger partial charge in [0.15, 0.2) is 9.84 Å². The highest BCUT2D eigenvalue weighted by Crippen LogP contribution is 2.20. The van der Waals surface area contributed by atoms with Gasteiger partial charge < -0.3 is 15.2 Å². The monoisotopic (exact) mass is 491 g/mol. The van der Waals surface area contributed by atoms with E-state index >= 15 is 0 Å². The lowest BCUT2D eigenvalue weighted by molar-refractivity contribution is -0.141. The van der Waals surface area contributed by atoms with Crippen molar-refractivity contribution in [1.82, 2.24) is 0 Å². The van der Waals surface area contributed by atoms with Crippen LogP contribution in [0.25, 0.3) is 0 Å². The zero-order valence-electron chi connectivity index (χ0n) is 17.1. The van der Waals surface area contributed by atoms with Crippen LogP contribution in [0.1, 0.15) is 10.4 Å². The number of ether oxygens (including phenoxy) is 1. The van der Waals surface area contributed by atoms with Gasteiger partial charge in [-0.1, -0.05) is 17.7 Å². The maximum absolute atomic E-state index is 13.2. The van der Waals surface area contributed by atoms with Gasteiger partial charge in [-0.2, -0.15) is 0 Å². The molecule has 0 aromatic heterocycles. The van der Waals surface area contributed by atoms with Crippen molar-refractivity contribution in [1.29, 1.82) is 0 Å². The standard InChI is InChI=1S/C23H19ClFNO6S/c24-17-6-4-15(5-7-17)22(27)26-19-8-10-21(11-9-19)33(30,31)14-16(23(28)29)13-32-20-3-1-2-18(25)12-20/h1-12,16H,13-14H2,(H,26,27)(H,28,29). The minimum absolute atomic E-state index is 0.0967. The van der Waals surface area contributed by atoms with Crippen LogP contribution < -0.4 is 10.1 Å². The Morgan fingerprint density at radius 2 is 1.70 bits per heavy atom.